The third kappa shape index (κ3) is 3.11. The predicted molar refractivity (Wildman–Crippen MR) is 83.6 cm³/mol. The molecule has 1 aromatic heterocycles. The van der Waals surface area contributed by atoms with Crippen molar-refractivity contribution < 1.29 is 9.53 Å². The molecule has 1 amide bonds. The third-order valence-corrected chi connectivity index (χ3v) is 5.39. The van der Waals surface area contributed by atoms with Crippen molar-refractivity contribution in [1.29, 1.82) is 0 Å². The van der Waals surface area contributed by atoms with Crippen LogP contribution >= 0.6 is 11.5 Å². The van der Waals surface area contributed by atoms with Gasteiger partial charge in [0.1, 0.15) is 4.88 Å². The molecule has 0 spiro atoms. The van der Waals surface area contributed by atoms with Gasteiger partial charge in [-0.1, -0.05) is 31.7 Å². The Morgan fingerprint density at radius 1 is 1.52 bits per heavy atom. The number of carbonyl (C=O) groups excluding carboxylic acids is 1. The Hall–Kier alpha value is -1.01. The highest BCUT2D eigenvalue weighted by Gasteiger charge is 2.52. The maximum atomic E-state index is 12.5. The second kappa shape index (κ2) is 6.40. The van der Waals surface area contributed by atoms with Crippen LogP contribution in [0.15, 0.2) is 0 Å². The molecular formula is C15H25N3O2S. The third-order valence-electron chi connectivity index (χ3n) is 4.58. The molecule has 1 heterocycles. The van der Waals surface area contributed by atoms with Gasteiger partial charge in [0.05, 0.1) is 11.8 Å². The smallest absolute Gasteiger partial charge is 0.267 e. The Balaban J connectivity index is 1.97. The van der Waals surface area contributed by atoms with Gasteiger partial charge in [-0.25, -0.2) is 0 Å². The van der Waals surface area contributed by atoms with E-state index in [-0.39, 0.29) is 23.5 Å². The van der Waals surface area contributed by atoms with E-state index in [1.54, 1.807) is 0 Å². The first-order valence-electron chi connectivity index (χ1n) is 7.57. The highest BCUT2D eigenvalue weighted by atomic mass is 32.1. The van der Waals surface area contributed by atoms with Gasteiger partial charge in [0.15, 0.2) is 0 Å². The topological polar surface area (TPSA) is 55.3 Å². The van der Waals surface area contributed by atoms with Crippen LogP contribution in [0.4, 0.5) is 0 Å². The Morgan fingerprint density at radius 3 is 2.76 bits per heavy atom. The van der Waals surface area contributed by atoms with Gasteiger partial charge >= 0.3 is 0 Å². The number of aryl methyl sites for hydroxylation is 1. The number of rotatable bonds is 6. The molecule has 1 saturated carbocycles. The fourth-order valence-electron chi connectivity index (χ4n) is 2.90. The first kappa shape index (κ1) is 16.4. The van der Waals surface area contributed by atoms with Crippen molar-refractivity contribution in [2.45, 2.75) is 59.1 Å². The zero-order valence-electron chi connectivity index (χ0n) is 13.5. The number of hydrogen-bond acceptors (Lipinski definition) is 5. The monoisotopic (exact) mass is 311 g/mol. The molecule has 118 valence electrons. The number of nitrogens with zero attached hydrogens (tertiary/aromatic N) is 3. The SMILES string of the molecule is CCCCO[C@H]1C[C@H](N(C)C(=O)c2snnc2C)C1(C)C. The van der Waals surface area contributed by atoms with Gasteiger partial charge in [0.2, 0.25) is 0 Å². The van der Waals surface area contributed by atoms with Gasteiger partial charge in [-0.2, -0.15) is 0 Å². The van der Waals surface area contributed by atoms with Crippen LogP contribution in [0.25, 0.3) is 0 Å². The van der Waals surface area contributed by atoms with E-state index in [4.69, 9.17) is 4.74 Å². The molecule has 5 nitrogen and oxygen atoms in total. The Morgan fingerprint density at radius 2 is 2.24 bits per heavy atom. The largest absolute Gasteiger partial charge is 0.378 e. The van der Waals surface area contributed by atoms with Crippen molar-refractivity contribution in [3.8, 4) is 0 Å². The summed E-state index contributed by atoms with van der Waals surface area (Å²) in [5.41, 5.74) is 0.703. The minimum Gasteiger partial charge on any atom is -0.378 e. The van der Waals surface area contributed by atoms with Crippen LogP contribution in [0.1, 0.15) is 55.4 Å². The Kier molecular flexibility index (Phi) is 4.99. The Bertz CT molecular complexity index is 501. The lowest BCUT2D eigenvalue weighted by Crippen LogP contribution is -2.62. The molecule has 1 aromatic rings. The van der Waals surface area contributed by atoms with Crippen molar-refractivity contribution in [2.24, 2.45) is 5.41 Å². The van der Waals surface area contributed by atoms with Crippen molar-refractivity contribution in [3.05, 3.63) is 10.6 Å². The molecule has 0 radical (unpaired) electrons. The Labute approximate surface area is 130 Å². The quantitative estimate of drug-likeness (QED) is 0.758. The lowest BCUT2D eigenvalue weighted by Gasteiger charge is -2.54. The van der Waals surface area contributed by atoms with Crippen molar-refractivity contribution in [2.75, 3.05) is 13.7 Å². The molecule has 1 aliphatic carbocycles. The fourth-order valence-corrected chi connectivity index (χ4v) is 3.54. The lowest BCUT2D eigenvalue weighted by molar-refractivity contribution is -0.140. The average Bonchev–Trinajstić information content (AvgIpc) is 2.86. The highest BCUT2D eigenvalue weighted by molar-refractivity contribution is 7.07. The number of hydrogen-bond donors (Lipinski definition) is 0. The van der Waals surface area contributed by atoms with E-state index in [0.29, 0.717) is 10.6 Å². The van der Waals surface area contributed by atoms with Gasteiger partial charge < -0.3 is 9.64 Å². The normalized spacial score (nSPS) is 23.7. The molecule has 0 bridgehead atoms. The number of ether oxygens (including phenoxy) is 1. The minimum absolute atomic E-state index is 0.00975. The summed E-state index contributed by atoms with van der Waals surface area (Å²) < 4.78 is 9.80. The number of carbonyl (C=O) groups is 1. The first-order valence-corrected chi connectivity index (χ1v) is 8.34. The van der Waals surface area contributed by atoms with Gasteiger partial charge in [-0.05, 0) is 31.3 Å². The summed E-state index contributed by atoms with van der Waals surface area (Å²) >= 11 is 1.17. The van der Waals surface area contributed by atoms with E-state index in [2.05, 4.69) is 30.4 Å². The van der Waals surface area contributed by atoms with Crippen LogP contribution in [0.2, 0.25) is 0 Å². The van der Waals surface area contributed by atoms with E-state index < -0.39 is 0 Å². The molecule has 2 atom stereocenters. The fraction of sp³-hybridized carbons (Fsp3) is 0.800. The van der Waals surface area contributed by atoms with Crippen LogP contribution in [0, 0.1) is 12.3 Å². The molecule has 1 aliphatic rings. The summed E-state index contributed by atoms with van der Waals surface area (Å²) in [4.78, 5) is 15.0. The van der Waals surface area contributed by atoms with E-state index in [0.717, 1.165) is 25.9 Å². The lowest BCUT2D eigenvalue weighted by atomic mass is 9.63. The maximum absolute atomic E-state index is 12.5. The molecule has 0 saturated heterocycles. The maximum Gasteiger partial charge on any atom is 0.267 e. The first-order chi connectivity index (χ1) is 9.89. The second-order valence-corrected chi connectivity index (χ2v) is 7.14. The summed E-state index contributed by atoms with van der Waals surface area (Å²) in [5, 5.41) is 3.92. The highest BCUT2D eigenvalue weighted by Crippen LogP contribution is 2.46. The summed E-state index contributed by atoms with van der Waals surface area (Å²) in [6, 6.07) is 0.207. The van der Waals surface area contributed by atoms with Crippen molar-refractivity contribution in [3.63, 3.8) is 0 Å². The van der Waals surface area contributed by atoms with E-state index in [1.807, 2.05) is 18.9 Å². The standard InChI is InChI=1S/C15H25N3O2S/c1-6-7-8-20-12-9-11(15(12,3)4)18(5)14(19)13-10(2)16-17-21-13/h11-12H,6-9H2,1-5H3/t11-,12-/m0/s1. The summed E-state index contributed by atoms with van der Waals surface area (Å²) in [6.07, 6.45) is 3.39. The number of amides is 1. The van der Waals surface area contributed by atoms with Crippen LogP contribution in [-0.2, 0) is 4.74 Å². The van der Waals surface area contributed by atoms with E-state index in [1.165, 1.54) is 11.5 Å². The minimum atomic E-state index is -0.00975. The predicted octanol–water partition coefficient (Wildman–Crippen LogP) is 2.90. The van der Waals surface area contributed by atoms with E-state index in [9.17, 15) is 4.79 Å². The molecular weight excluding hydrogens is 286 g/mol. The molecule has 6 heteroatoms. The zero-order valence-corrected chi connectivity index (χ0v) is 14.4. The number of unbranched alkanes of at least 4 members (excludes halogenated alkanes) is 1. The summed E-state index contributed by atoms with van der Waals surface area (Å²) in [7, 11) is 1.87. The summed E-state index contributed by atoms with van der Waals surface area (Å²) in [6.45, 7) is 9.16. The van der Waals surface area contributed by atoms with Crippen molar-refractivity contribution in [1.82, 2.24) is 14.5 Å². The van der Waals surface area contributed by atoms with Gasteiger partial charge in [-0.15, -0.1) is 5.10 Å². The molecule has 21 heavy (non-hydrogen) atoms. The van der Waals surface area contributed by atoms with Gasteiger partial charge in [0.25, 0.3) is 5.91 Å². The average molecular weight is 311 g/mol. The molecule has 0 aromatic carbocycles. The second-order valence-electron chi connectivity index (χ2n) is 6.39. The van der Waals surface area contributed by atoms with Crippen LogP contribution in [-0.4, -0.2) is 46.2 Å². The van der Waals surface area contributed by atoms with Crippen molar-refractivity contribution >= 4 is 17.4 Å². The zero-order chi connectivity index (χ0) is 15.6. The molecule has 0 unspecified atom stereocenters. The van der Waals surface area contributed by atoms with Crippen LogP contribution in [0.5, 0.6) is 0 Å². The molecule has 0 N–H and O–H groups in total. The summed E-state index contributed by atoms with van der Waals surface area (Å²) in [5.74, 6) is 0.0209. The van der Waals surface area contributed by atoms with Crippen LogP contribution in [0.3, 0.4) is 0 Å². The molecule has 1 fully saturated rings. The van der Waals surface area contributed by atoms with Crippen LogP contribution < -0.4 is 0 Å². The number of aromatic nitrogens is 2. The van der Waals surface area contributed by atoms with Gasteiger partial charge in [0, 0.05) is 25.1 Å². The molecule has 0 aliphatic heterocycles. The molecule has 2 rings (SSSR count). The van der Waals surface area contributed by atoms with Gasteiger partial charge in [-0.3, -0.25) is 4.79 Å². The van der Waals surface area contributed by atoms with E-state index >= 15 is 0 Å².